The van der Waals surface area contributed by atoms with Gasteiger partial charge in [-0.15, -0.1) is 0 Å². The third kappa shape index (κ3) is 4.48. The van der Waals surface area contributed by atoms with Gasteiger partial charge in [-0.3, -0.25) is 9.59 Å². The molecule has 0 bridgehead atoms. The first kappa shape index (κ1) is 17.7. The lowest BCUT2D eigenvalue weighted by Gasteiger charge is -2.11. The van der Waals surface area contributed by atoms with Crippen molar-refractivity contribution in [2.75, 3.05) is 5.32 Å². The lowest BCUT2D eigenvalue weighted by Crippen LogP contribution is -2.26. The first-order valence-electron chi connectivity index (χ1n) is 8.70. The minimum Gasteiger partial charge on any atom is -0.321 e. The number of carbonyl (C=O) groups is 1. The second-order valence-electron chi connectivity index (χ2n) is 6.30. The zero-order valence-corrected chi connectivity index (χ0v) is 14.8. The van der Waals surface area contributed by atoms with Crippen molar-refractivity contribution in [2.24, 2.45) is 7.05 Å². The molecule has 1 N–H and O–H groups in total. The molecule has 26 heavy (non-hydrogen) atoms. The van der Waals surface area contributed by atoms with E-state index >= 15 is 0 Å². The van der Waals surface area contributed by atoms with Crippen molar-refractivity contribution >= 4 is 11.6 Å². The van der Waals surface area contributed by atoms with Crippen molar-refractivity contribution in [3.05, 3.63) is 100.0 Å². The van der Waals surface area contributed by atoms with Gasteiger partial charge in [0.05, 0.1) is 0 Å². The Hall–Kier alpha value is -3.14. The number of benzene rings is 2. The topological polar surface area (TPSA) is 51.1 Å². The Bertz CT molecular complexity index is 931. The summed E-state index contributed by atoms with van der Waals surface area (Å²) in [6.45, 7) is 0. The zero-order valence-electron chi connectivity index (χ0n) is 14.8. The molecule has 4 nitrogen and oxygen atoms in total. The molecule has 0 saturated heterocycles. The number of hydrogen-bond donors (Lipinski definition) is 1. The number of amides is 1. The number of nitrogens with zero attached hydrogens (tertiary/aromatic N) is 1. The molecule has 0 unspecified atom stereocenters. The predicted octanol–water partition coefficient (Wildman–Crippen LogP) is 3.55. The fourth-order valence-electron chi connectivity index (χ4n) is 2.87. The van der Waals surface area contributed by atoms with Crippen LogP contribution in [0.1, 0.15) is 23.2 Å². The summed E-state index contributed by atoms with van der Waals surface area (Å²) in [6.07, 6.45) is 1.67. The SMILES string of the molecule is Cn1c(Cc2ccccc2)ccc(NC(=O)CCc2ccccc2)c1=O. The minimum absolute atomic E-state index is 0.151. The van der Waals surface area contributed by atoms with Gasteiger partial charge in [-0.05, 0) is 29.7 Å². The number of carbonyl (C=O) groups excluding carboxylic acids is 1. The Balaban J connectivity index is 1.66. The molecule has 0 fully saturated rings. The maximum atomic E-state index is 12.5. The highest BCUT2D eigenvalue weighted by Crippen LogP contribution is 2.10. The first-order chi connectivity index (χ1) is 12.6. The van der Waals surface area contributed by atoms with Gasteiger partial charge in [0.15, 0.2) is 0 Å². The van der Waals surface area contributed by atoms with E-state index in [4.69, 9.17) is 0 Å². The van der Waals surface area contributed by atoms with Crippen molar-refractivity contribution in [3.63, 3.8) is 0 Å². The number of pyridine rings is 1. The fourth-order valence-corrected chi connectivity index (χ4v) is 2.87. The van der Waals surface area contributed by atoms with Crippen molar-refractivity contribution in [3.8, 4) is 0 Å². The van der Waals surface area contributed by atoms with Crippen LogP contribution in [0.25, 0.3) is 0 Å². The fraction of sp³-hybridized carbons (Fsp3) is 0.182. The van der Waals surface area contributed by atoms with E-state index in [-0.39, 0.29) is 11.5 Å². The second kappa shape index (κ2) is 8.30. The molecule has 0 aliphatic carbocycles. The van der Waals surface area contributed by atoms with E-state index in [1.165, 1.54) is 0 Å². The van der Waals surface area contributed by atoms with Crippen LogP contribution in [0.5, 0.6) is 0 Å². The van der Waals surface area contributed by atoms with Gasteiger partial charge in [-0.2, -0.15) is 0 Å². The maximum Gasteiger partial charge on any atom is 0.274 e. The summed E-state index contributed by atoms with van der Waals surface area (Å²) in [5, 5.41) is 2.74. The smallest absolute Gasteiger partial charge is 0.274 e. The summed E-state index contributed by atoms with van der Waals surface area (Å²) in [4.78, 5) is 24.7. The Morgan fingerprint density at radius 1 is 0.885 bits per heavy atom. The molecule has 132 valence electrons. The van der Waals surface area contributed by atoms with Crippen LogP contribution in [0.2, 0.25) is 0 Å². The van der Waals surface area contributed by atoms with Gasteiger partial charge < -0.3 is 9.88 Å². The van der Waals surface area contributed by atoms with Gasteiger partial charge in [-0.25, -0.2) is 0 Å². The van der Waals surface area contributed by atoms with Crippen LogP contribution in [-0.4, -0.2) is 10.5 Å². The molecule has 3 rings (SSSR count). The molecule has 2 aromatic carbocycles. The highest BCUT2D eigenvalue weighted by molar-refractivity contribution is 5.90. The molecule has 0 radical (unpaired) electrons. The van der Waals surface area contributed by atoms with E-state index in [1.807, 2.05) is 66.7 Å². The van der Waals surface area contributed by atoms with Crippen LogP contribution in [0.4, 0.5) is 5.69 Å². The van der Waals surface area contributed by atoms with Crippen LogP contribution in [-0.2, 0) is 24.7 Å². The van der Waals surface area contributed by atoms with E-state index < -0.39 is 0 Å². The maximum absolute atomic E-state index is 12.5. The molecular formula is C22H22N2O2. The van der Waals surface area contributed by atoms with Crippen LogP contribution in [0.15, 0.2) is 77.6 Å². The van der Waals surface area contributed by atoms with Crippen molar-refractivity contribution in [1.29, 1.82) is 0 Å². The monoisotopic (exact) mass is 346 g/mol. The van der Waals surface area contributed by atoms with Gasteiger partial charge in [0, 0.05) is 25.6 Å². The van der Waals surface area contributed by atoms with Crippen molar-refractivity contribution in [1.82, 2.24) is 4.57 Å². The van der Waals surface area contributed by atoms with E-state index in [9.17, 15) is 9.59 Å². The largest absolute Gasteiger partial charge is 0.321 e. The lowest BCUT2D eigenvalue weighted by molar-refractivity contribution is -0.116. The summed E-state index contributed by atoms with van der Waals surface area (Å²) >= 11 is 0. The highest BCUT2D eigenvalue weighted by Gasteiger charge is 2.10. The molecular weight excluding hydrogens is 324 g/mol. The average molecular weight is 346 g/mol. The molecule has 1 heterocycles. The highest BCUT2D eigenvalue weighted by atomic mass is 16.2. The Morgan fingerprint density at radius 3 is 2.15 bits per heavy atom. The predicted molar refractivity (Wildman–Crippen MR) is 104 cm³/mol. The molecule has 0 aliphatic rings. The van der Waals surface area contributed by atoms with Crippen LogP contribution < -0.4 is 10.9 Å². The number of nitrogens with one attached hydrogen (secondary N) is 1. The zero-order chi connectivity index (χ0) is 18.4. The molecule has 0 aliphatic heterocycles. The quantitative estimate of drug-likeness (QED) is 0.742. The minimum atomic E-state index is -0.188. The number of aromatic nitrogens is 1. The third-order valence-corrected chi connectivity index (χ3v) is 4.39. The standard InChI is InChI=1S/C22H22N2O2/c1-24-19(16-18-10-6-3-7-11-18)13-14-20(22(24)26)23-21(25)15-12-17-8-4-2-5-9-17/h2-11,13-14H,12,15-16H2,1H3,(H,23,25). The third-order valence-electron chi connectivity index (χ3n) is 4.39. The Kier molecular flexibility index (Phi) is 5.64. The van der Waals surface area contributed by atoms with Gasteiger partial charge >= 0.3 is 0 Å². The van der Waals surface area contributed by atoms with Crippen molar-refractivity contribution in [2.45, 2.75) is 19.3 Å². The molecule has 0 saturated carbocycles. The Morgan fingerprint density at radius 2 is 1.50 bits per heavy atom. The number of hydrogen-bond acceptors (Lipinski definition) is 2. The summed E-state index contributed by atoms with van der Waals surface area (Å²) in [5.41, 5.74) is 3.29. The second-order valence-corrected chi connectivity index (χ2v) is 6.30. The number of rotatable bonds is 6. The normalized spacial score (nSPS) is 10.5. The van der Waals surface area contributed by atoms with E-state index in [2.05, 4.69) is 5.32 Å². The van der Waals surface area contributed by atoms with Gasteiger partial charge in [-0.1, -0.05) is 60.7 Å². The molecule has 3 aromatic rings. The number of anilines is 1. The molecule has 0 atom stereocenters. The van der Waals surface area contributed by atoms with Gasteiger partial charge in [0.2, 0.25) is 5.91 Å². The summed E-state index contributed by atoms with van der Waals surface area (Å²) in [7, 11) is 1.74. The molecule has 1 amide bonds. The molecule has 4 heteroatoms. The van der Waals surface area contributed by atoms with E-state index in [1.54, 1.807) is 17.7 Å². The molecule has 1 aromatic heterocycles. The Labute approximate surface area is 153 Å². The first-order valence-corrected chi connectivity index (χ1v) is 8.70. The average Bonchev–Trinajstić information content (AvgIpc) is 2.68. The van der Waals surface area contributed by atoms with Gasteiger partial charge in [0.25, 0.3) is 5.56 Å². The lowest BCUT2D eigenvalue weighted by atomic mass is 10.1. The van der Waals surface area contributed by atoms with Crippen LogP contribution in [0.3, 0.4) is 0 Å². The van der Waals surface area contributed by atoms with Crippen LogP contribution >= 0.6 is 0 Å². The van der Waals surface area contributed by atoms with Crippen molar-refractivity contribution < 1.29 is 4.79 Å². The van der Waals surface area contributed by atoms with E-state index in [0.29, 0.717) is 24.9 Å². The summed E-state index contributed by atoms with van der Waals surface area (Å²) < 4.78 is 1.60. The molecule has 0 spiro atoms. The van der Waals surface area contributed by atoms with Crippen LogP contribution in [0, 0.1) is 0 Å². The van der Waals surface area contributed by atoms with Gasteiger partial charge in [0.1, 0.15) is 5.69 Å². The number of aryl methyl sites for hydroxylation is 1. The summed E-state index contributed by atoms with van der Waals surface area (Å²) in [5.74, 6) is -0.151. The van der Waals surface area contributed by atoms with E-state index in [0.717, 1.165) is 16.8 Å². The summed E-state index contributed by atoms with van der Waals surface area (Å²) in [6, 6.07) is 23.4.